The van der Waals surface area contributed by atoms with Crippen LogP contribution < -0.4 is 15.4 Å². The lowest BCUT2D eigenvalue weighted by atomic mass is 10.0. The van der Waals surface area contributed by atoms with Gasteiger partial charge in [-0.1, -0.05) is 81.9 Å². The van der Waals surface area contributed by atoms with Crippen LogP contribution in [0.15, 0.2) is 83.3 Å². The molecule has 9 heteroatoms. The second-order valence-corrected chi connectivity index (χ2v) is 9.22. The van der Waals surface area contributed by atoms with Crippen molar-refractivity contribution in [3.63, 3.8) is 0 Å². The lowest BCUT2D eigenvalue weighted by molar-refractivity contribution is -0.118. The Bertz CT molecular complexity index is 1280. The smallest absolute Gasteiger partial charge is 0.255 e. The molecule has 1 heterocycles. The van der Waals surface area contributed by atoms with Gasteiger partial charge in [-0.3, -0.25) is 14.9 Å². The molecule has 4 aromatic rings. The number of carbonyl (C=O) groups is 2. The average Bonchev–Trinajstić information content (AvgIpc) is 3.33. The fourth-order valence-electron chi connectivity index (χ4n) is 3.30. The first kappa shape index (κ1) is 23.6. The third-order valence-electron chi connectivity index (χ3n) is 5.00. The fraction of sp³-hybridized carbons (Fsp3) is 0.120. The second-order valence-electron chi connectivity index (χ2n) is 7.32. The van der Waals surface area contributed by atoms with Gasteiger partial charge in [0.15, 0.2) is 0 Å². The Balaban J connectivity index is 1.53. The summed E-state index contributed by atoms with van der Waals surface area (Å²) in [7, 11) is 1.50. The Morgan fingerprint density at radius 3 is 2.41 bits per heavy atom. The van der Waals surface area contributed by atoms with Crippen molar-refractivity contribution < 1.29 is 14.3 Å². The monoisotopic (exact) mass is 536 g/mol. The van der Waals surface area contributed by atoms with Crippen molar-refractivity contribution >= 4 is 44.2 Å². The van der Waals surface area contributed by atoms with Gasteiger partial charge in [0.25, 0.3) is 5.91 Å². The molecule has 2 amide bonds. The van der Waals surface area contributed by atoms with Crippen LogP contribution in [0.3, 0.4) is 0 Å². The fourth-order valence-corrected chi connectivity index (χ4v) is 4.32. The molecule has 0 aliphatic heterocycles. The zero-order valence-electron chi connectivity index (χ0n) is 18.2. The Labute approximate surface area is 209 Å². The van der Waals surface area contributed by atoms with Gasteiger partial charge in [-0.25, -0.2) is 0 Å². The summed E-state index contributed by atoms with van der Waals surface area (Å²) in [5, 5.41) is 15.0. The van der Waals surface area contributed by atoms with E-state index >= 15 is 0 Å². The number of carbonyl (C=O) groups excluding carboxylic acids is 2. The number of halogens is 1. The maximum absolute atomic E-state index is 13.2. The Kier molecular flexibility index (Phi) is 7.66. The summed E-state index contributed by atoms with van der Waals surface area (Å²) in [6.45, 7) is 0. The minimum absolute atomic E-state index is 0.311. The van der Waals surface area contributed by atoms with Crippen molar-refractivity contribution in [2.45, 2.75) is 12.5 Å². The third kappa shape index (κ3) is 5.86. The van der Waals surface area contributed by atoms with Gasteiger partial charge < -0.3 is 10.1 Å². The number of amides is 2. The highest BCUT2D eigenvalue weighted by Crippen LogP contribution is 2.27. The highest BCUT2D eigenvalue weighted by Gasteiger charge is 2.24. The maximum Gasteiger partial charge on any atom is 0.255 e. The van der Waals surface area contributed by atoms with E-state index in [1.807, 2.05) is 54.6 Å². The van der Waals surface area contributed by atoms with E-state index in [9.17, 15) is 9.59 Å². The second kappa shape index (κ2) is 11.0. The first-order valence-electron chi connectivity index (χ1n) is 10.4. The number of methoxy groups -OCH3 is 1. The molecular formula is C25H21BrN4O3S. The van der Waals surface area contributed by atoms with Crippen molar-refractivity contribution in [3.05, 3.63) is 94.5 Å². The van der Waals surface area contributed by atoms with E-state index in [2.05, 4.69) is 36.8 Å². The predicted octanol–water partition coefficient (Wildman–Crippen LogP) is 4.96. The summed E-state index contributed by atoms with van der Waals surface area (Å²) in [6.07, 6.45) is 0.311. The third-order valence-corrected chi connectivity index (χ3v) is 6.42. The molecule has 0 unspecified atom stereocenters. The molecule has 0 aliphatic rings. The highest BCUT2D eigenvalue weighted by molar-refractivity contribution is 9.10. The number of nitrogens with zero attached hydrogens (tertiary/aromatic N) is 2. The molecule has 7 nitrogen and oxygen atoms in total. The number of rotatable bonds is 8. The molecule has 172 valence electrons. The van der Waals surface area contributed by atoms with Crippen molar-refractivity contribution in [1.29, 1.82) is 0 Å². The number of para-hydroxylation sites is 1. The van der Waals surface area contributed by atoms with E-state index in [1.54, 1.807) is 24.3 Å². The van der Waals surface area contributed by atoms with Crippen LogP contribution in [-0.4, -0.2) is 35.2 Å². The van der Waals surface area contributed by atoms with Gasteiger partial charge in [0.1, 0.15) is 16.8 Å². The van der Waals surface area contributed by atoms with Crippen LogP contribution in [0.2, 0.25) is 0 Å². The standard InChI is InChI=1S/C25H21BrN4O3S/c1-33-21-10-6-5-9-19(21)22(31)27-20(15-16-7-3-2-4-8-16)23(32)28-25-30-29-24(34-25)17-11-13-18(26)14-12-17/h2-14,20H,15H2,1H3,(H,27,31)(H,28,30,32)/t20-/m0/s1. The average molecular weight is 537 g/mol. The Hall–Kier alpha value is -3.56. The first-order valence-corrected chi connectivity index (χ1v) is 12.0. The van der Waals surface area contributed by atoms with E-state index in [0.29, 0.717) is 27.9 Å². The summed E-state index contributed by atoms with van der Waals surface area (Å²) < 4.78 is 6.26. The molecule has 1 atom stereocenters. The number of aromatic nitrogens is 2. The van der Waals surface area contributed by atoms with Crippen molar-refractivity contribution in [2.24, 2.45) is 0 Å². The molecule has 0 radical (unpaired) electrons. The number of nitrogens with one attached hydrogen (secondary N) is 2. The summed E-state index contributed by atoms with van der Waals surface area (Å²) in [5.41, 5.74) is 2.16. The van der Waals surface area contributed by atoms with Crippen LogP contribution in [0.1, 0.15) is 15.9 Å². The molecule has 0 saturated carbocycles. The molecule has 0 bridgehead atoms. The van der Waals surface area contributed by atoms with Crippen LogP contribution in [0.25, 0.3) is 10.6 Å². The van der Waals surface area contributed by atoms with E-state index < -0.39 is 11.9 Å². The lowest BCUT2D eigenvalue weighted by Crippen LogP contribution is -2.45. The van der Waals surface area contributed by atoms with Crippen LogP contribution >= 0.6 is 27.3 Å². The van der Waals surface area contributed by atoms with Crippen LogP contribution in [-0.2, 0) is 11.2 Å². The van der Waals surface area contributed by atoms with Gasteiger partial charge in [0.2, 0.25) is 11.0 Å². The van der Waals surface area contributed by atoms with E-state index in [1.165, 1.54) is 18.4 Å². The molecule has 2 N–H and O–H groups in total. The van der Waals surface area contributed by atoms with E-state index in [0.717, 1.165) is 15.6 Å². The highest BCUT2D eigenvalue weighted by atomic mass is 79.9. The number of anilines is 1. The SMILES string of the molecule is COc1ccccc1C(=O)N[C@@H](Cc1ccccc1)C(=O)Nc1nnc(-c2ccc(Br)cc2)s1. The normalized spacial score (nSPS) is 11.5. The molecule has 1 aromatic heterocycles. The summed E-state index contributed by atoms with van der Waals surface area (Å²) in [6, 6.07) is 23.2. The van der Waals surface area contributed by atoms with E-state index in [4.69, 9.17) is 4.74 Å². The molecule has 4 rings (SSSR count). The van der Waals surface area contributed by atoms with Crippen LogP contribution in [0, 0.1) is 0 Å². The molecule has 0 spiro atoms. The van der Waals surface area contributed by atoms with Gasteiger partial charge in [-0.2, -0.15) is 0 Å². The number of hydrogen-bond acceptors (Lipinski definition) is 6. The molecule has 0 saturated heterocycles. The zero-order valence-corrected chi connectivity index (χ0v) is 20.6. The van der Waals surface area contributed by atoms with Crippen LogP contribution in [0.5, 0.6) is 5.75 Å². The molecule has 34 heavy (non-hydrogen) atoms. The van der Waals surface area contributed by atoms with Crippen molar-refractivity contribution in [1.82, 2.24) is 15.5 Å². The Morgan fingerprint density at radius 1 is 0.971 bits per heavy atom. The minimum Gasteiger partial charge on any atom is -0.496 e. The van der Waals surface area contributed by atoms with Crippen molar-refractivity contribution in [2.75, 3.05) is 12.4 Å². The van der Waals surface area contributed by atoms with Gasteiger partial charge in [0, 0.05) is 16.5 Å². The molecule has 0 aliphatic carbocycles. The van der Waals surface area contributed by atoms with Gasteiger partial charge in [0.05, 0.1) is 12.7 Å². The quantitative estimate of drug-likeness (QED) is 0.332. The number of hydrogen-bond donors (Lipinski definition) is 2. The zero-order chi connectivity index (χ0) is 23.9. The topological polar surface area (TPSA) is 93.2 Å². The Morgan fingerprint density at radius 2 is 1.68 bits per heavy atom. The van der Waals surface area contributed by atoms with E-state index in [-0.39, 0.29) is 5.91 Å². The first-order chi connectivity index (χ1) is 16.5. The number of benzene rings is 3. The molecule has 3 aromatic carbocycles. The maximum atomic E-state index is 13.2. The van der Waals surface area contributed by atoms with Gasteiger partial charge >= 0.3 is 0 Å². The van der Waals surface area contributed by atoms with Crippen molar-refractivity contribution in [3.8, 4) is 16.3 Å². The van der Waals surface area contributed by atoms with Crippen LogP contribution in [0.4, 0.5) is 5.13 Å². The summed E-state index contributed by atoms with van der Waals surface area (Å²) in [5.74, 6) is -0.353. The van der Waals surface area contributed by atoms with Gasteiger partial charge in [-0.15, -0.1) is 10.2 Å². The molecular weight excluding hydrogens is 516 g/mol. The molecule has 0 fully saturated rings. The predicted molar refractivity (Wildman–Crippen MR) is 136 cm³/mol. The summed E-state index contributed by atoms with van der Waals surface area (Å²) >= 11 is 4.68. The summed E-state index contributed by atoms with van der Waals surface area (Å²) in [4.78, 5) is 26.2. The van der Waals surface area contributed by atoms with Gasteiger partial charge in [-0.05, 0) is 29.8 Å². The minimum atomic E-state index is -0.833. The lowest BCUT2D eigenvalue weighted by Gasteiger charge is -2.18. The largest absolute Gasteiger partial charge is 0.496 e. The number of ether oxygens (including phenoxy) is 1.